The molecule has 0 spiro atoms. The van der Waals surface area contributed by atoms with E-state index < -0.39 is 0 Å². The van der Waals surface area contributed by atoms with E-state index in [1.54, 1.807) is 24.2 Å². The van der Waals surface area contributed by atoms with E-state index in [1.807, 2.05) is 6.07 Å². The molecule has 0 aliphatic heterocycles. The monoisotopic (exact) mass is 620 g/mol. The zero-order valence-electron chi connectivity index (χ0n) is 24.0. The first-order chi connectivity index (χ1) is 16.9. The van der Waals surface area contributed by atoms with Gasteiger partial charge in [0.05, 0.1) is 0 Å². The van der Waals surface area contributed by atoms with Gasteiger partial charge in [-0.05, 0) is 10.8 Å². The summed E-state index contributed by atoms with van der Waals surface area (Å²) in [6.45, 7) is 17.9. The SMILES string of the molecule is CC(C)(C)c1ccc2[cH-]c3ccc(C(C)(C)C)cc3c2c1.C[C](C)=[Zr+2].[C-]1=CC(c2ccccc2)=CC1.[Cl-].[Cl-]. The van der Waals surface area contributed by atoms with Crippen LogP contribution in [0.5, 0.6) is 0 Å². The number of fused-ring (bicyclic) bond motifs is 3. The van der Waals surface area contributed by atoms with Crippen LogP contribution >= 0.6 is 0 Å². The van der Waals surface area contributed by atoms with Crippen LogP contribution in [0, 0.1) is 6.08 Å². The van der Waals surface area contributed by atoms with E-state index in [0.29, 0.717) is 0 Å². The third kappa shape index (κ3) is 9.52. The van der Waals surface area contributed by atoms with Crippen molar-refractivity contribution in [1.29, 1.82) is 0 Å². The smallest absolute Gasteiger partial charge is 0.0623 e. The number of benzene rings is 3. The summed E-state index contributed by atoms with van der Waals surface area (Å²) in [5.41, 5.74) is 5.79. The van der Waals surface area contributed by atoms with Crippen molar-refractivity contribution >= 4 is 30.3 Å². The van der Waals surface area contributed by atoms with Crippen LogP contribution in [-0.4, -0.2) is 3.21 Å². The summed E-state index contributed by atoms with van der Waals surface area (Å²) < 4.78 is 1.51. The van der Waals surface area contributed by atoms with Gasteiger partial charge in [0.25, 0.3) is 0 Å². The fourth-order valence-electron chi connectivity index (χ4n) is 4.16. The number of hydrogen-bond donors (Lipinski definition) is 0. The molecule has 0 radical (unpaired) electrons. The predicted octanol–water partition coefficient (Wildman–Crippen LogP) is 3.89. The van der Waals surface area contributed by atoms with E-state index in [9.17, 15) is 0 Å². The summed E-state index contributed by atoms with van der Waals surface area (Å²) in [7, 11) is 0. The van der Waals surface area contributed by atoms with Crippen molar-refractivity contribution in [2.75, 3.05) is 0 Å². The predicted molar refractivity (Wildman–Crippen MR) is 158 cm³/mol. The molecule has 0 amide bonds. The number of rotatable bonds is 1. The number of halogens is 2. The van der Waals surface area contributed by atoms with Crippen molar-refractivity contribution in [3.63, 3.8) is 0 Å². The largest absolute Gasteiger partial charge is 1.00 e. The van der Waals surface area contributed by atoms with E-state index in [-0.39, 0.29) is 35.6 Å². The molecule has 0 atom stereocenters. The Morgan fingerprint density at radius 1 is 0.737 bits per heavy atom. The molecule has 5 rings (SSSR count). The molecule has 1 aliphatic rings. The van der Waals surface area contributed by atoms with Gasteiger partial charge in [-0.25, -0.2) is 6.08 Å². The average Bonchev–Trinajstić information content (AvgIpc) is 3.46. The van der Waals surface area contributed by atoms with Gasteiger partial charge in [0.2, 0.25) is 0 Å². The molecular formula is C35H40Cl2Zr-2. The molecular weight excluding hydrogens is 583 g/mol. The Labute approximate surface area is 258 Å². The molecule has 0 fully saturated rings. The van der Waals surface area contributed by atoms with E-state index in [4.69, 9.17) is 0 Å². The van der Waals surface area contributed by atoms with Gasteiger partial charge in [0.1, 0.15) is 0 Å². The summed E-state index contributed by atoms with van der Waals surface area (Å²) in [5, 5.41) is 5.49. The first-order valence-electron chi connectivity index (χ1n) is 12.8. The maximum Gasteiger partial charge on any atom is -0.0623 e. The molecule has 4 aromatic rings. The Morgan fingerprint density at radius 3 is 1.55 bits per heavy atom. The molecule has 0 saturated carbocycles. The molecule has 0 saturated heterocycles. The Morgan fingerprint density at radius 2 is 1.18 bits per heavy atom. The zero-order chi connectivity index (χ0) is 26.5. The van der Waals surface area contributed by atoms with Crippen LogP contribution in [0.1, 0.15) is 78.5 Å². The van der Waals surface area contributed by atoms with Crippen LogP contribution in [0.25, 0.3) is 27.1 Å². The number of allylic oxidation sites excluding steroid dienone is 4. The molecule has 0 N–H and O–H groups in total. The Hall–Kier alpha value is -1.66. The van der Waals surface area contributed by atoms with Crippen molar-refractivity contribution in [3.8, 4) is 0 Å². The van der Waals surface area contributed by atoms with Gasteiger partial charge in [-0.15, -0.1) is 51.7 Å². The van der Waals surface area contributed by atoms with Crippen LogP contribution in [0.2, 0.25) is 0 Å². The molecule has 0 unspecified atom stereocenters. The van der Waals surface area contributed by atoms with Crippen LogP contribution in [-0.2, 0) is 35.1 Å². The average molecular weight is 623 g/mol. The number of hydrogen-bond acceptors (Lipinski definition) is 0. The van der Waals surface area contributed by atoms with Gasteiger partial charge in [-0.2, -0.15) is 11.6 Å². The topological polar surface area (TPSA) is 0 Å². The Bertz CT molecular complexity index is 1320. The van der Waals surface area contributed by atoms with Gasteiger partial charge in [-0.3, -0.25) is 6.08 Å². The third-order valence-corrected chi connectivity index (χ3v) is 6.24. The van der Waals surface area contributed by atoms with E-state index in [1.165, 1.54) is 47.0 Å². The van der Waals surface area contributed by atoms with Crippen LogP contribution in [0.15, 0.2) is 84.9 Å². The van der Waals surface area contributed by atoms with Gasteiger partial charge < -0.3 is 24.8 Å². The molecule has 200 valence electrons. The van der Waals surface area contributed by atoms with Crippen molar-refractivity contribution in [2.45, 2.75) is 72.6 Å². The minimum Gasteiger partial charge on any atom is -1.00 e. The molecule has 1 aliphatic carbocycles. The second-order valence-corrected chi connectivity index (χ2v) is 14.3. The Kier molecular flexibility index (Phi) is 13.3. The maximum absolute atomic E-state index is 3.15. The minimum atomic E-state index is 0. The first kappa shape index (κ1) is 34.4. The van der Waals surface area contributed by atoms with Gasteiger partial charge in [-0.1, -0.05) is 107 Å². The van der Waals surface area contributed by atoms with Gasteiger partial charge >= 0.3 is 41.3 Å². The fraction of sp³-hybridized carbons (Fsp3) is 0.314. The van der Waals surface area contributed by atoms with Crippen molar-refractivity contribution in [2.24, 2.45) is 0 Å². The Balaban J connectivity index is 0.000000358. The van der Waals surface area contributed by atoms with Gasteiger partial charge in [0, 0.05) is 0 Å². The minimum absolute atomic E-state index is 0. The van der Waals surface area contributed by atoms with Crippen molar-refractivity contribution < 1.29 is 49.0 Å². The summed E-state index contributed by atoms with van der Waals surface area (Å²) >= 11 is 1.55. The summed E-state index contributed by atoms with van der Waals surface area (Å²) in [6.07, 6.45) is 8.36. The fourth-order valence-corrected chi connectivity index (χ4v) is 4.16. The van der Waals surface area contributed by atoms with E-state index >= 15 is 0 Å². The summed E-state index contributed by atoms with van der Waals surface area (Å²) in [6, 6.07) is 26.5. The van der Waals surface area contributed by atoms with Crippen LogP contribution < -0.4 is 24.8 Å². The van der Waals surface area contributed by atoms with Crippen molar-refractivity contribution in [1.82, 2.24) is 0 Å². The second kappa shape index (κ2) is 14.6. The van der Waals surface area contributed by atoms with Crippen LogP contribution in [0.4, 0.5) is 0 Å². The van der Waals surface area contributed by atoms with E-state index in [2.05, 4.69) is 140 Å². The molecule has 38 heavy (non-hydrogen) atoms. The van der Waals surface area contributed by atoms with Crippen LogP contribution in [0.3, 0.4) is 0 Å². The second-order valence-electron chi connectivity index (χ2n) is 11.8. The van der Waals surface area contributed by atoms with Gasteiger partial charge in [0.15, 0.2) is 0 Å². The van der Waals surface area contributed by atoms with Crippen molar-refractivity contribution in [3.05, 3.63) is 108 Å². The maximum atomic E-state index is 3.15. The summed E-state index contributed by atoms with van der Waals surface area (Å²) in [4.78, 5) is 0. The third-order valence-electron chi connectivity index (χ3n) is 6.24. The zero-order valence-corrected chi connectivity index (χ0v) is 28.0. The molecule has 0 aromatic heterocycles. The molecule has 0 nitrogen and oxygen atoms in total. The molecule has 0 heterocycles. The normalized spacial score (nSPS) is 12.4. The molecule has 4 aromatic carbocycles. The molecule has 0 bridgehead atoms. The van der Waals surface area contributed by atoms with E-state index in [0.717, 1.165) is 6.42 Å². The quantitative estimate of drug-likeness (QED) is 0.283. The standard InChI is InChI=1S/C21H25.C11H9.C3H6.2ClH.Zr/c1-20(2,3)16-9-7-14-11-15-8-10-17(21(4,5)6)13-19(15)18(14)12-16;1-2-6-10(7-3-1)11-8-4-5-9-11;1-3-2;;;/h7-13H,1-6H3;1-3,6-9H,4H2;1-2H3;2*1H;/q2*-1;;;;+2/p-2. The first-order valence-corrected chi connectivity index (χ1v) is 14.1. The summed E-state index contributed by atoms with van der Waals surface area (Å²) in [5.74, 6) is 0. The molecule has 3 heteroatoms.